The fourth-order valence-corrected chi connectivity index (χ4v) is 3.28. The molecule has 0 amide bonds. The van der Waals surface area contributed by atoms with Gasteiger partial charge in [0.25, 0.3) is 5.56 Å². The summed E-state index contributed by atoms with van der Waals surface area (Å²) in [5.41, 5.74) is -1.08. The molecule has 1 aliphatic heterocycles. The van der Waals surface area contributed by atoms with Gasteiger partial charge in [-0.05, 0) is 11.5 Å². The summed E-state index contributed by atoms with van der Waals surface area (Å²) >= 11 is 4.80. The number of thiocarbonyl (C=S) groups is 1. The molecule has 0 aromatic carbocycles. The maximum Gasteiger partial charge on any atom is 1.00 e. The molecule has 1 aromatic heterocycles. The van der Waals surface area contributed by atoms with Crippen LogP contribution in [0.15, 0.2) is 21.9 Å². The van der Waals surface area contributed by atoms with Gasteiger partial charge in [0.15, 0.2) is 0 Å². The van der Waals surface area contributed by atoms with Gasteiger partial charge >= 0.3 is 57.1 Å². The van der Waals surface area contributed by atoms with Gasteiger partial charge in [-0.3, -0.25) is 18.8 Å². The smallest absolute Gasteiger partial charge is 0.866 e. The van der Waals surface area contributed by atoms with E-state index in [0.29, 0.717) is 6.42 Å². The Morgan fingerprint density at radius 2 is 1.88 bits per heavy atom. The minimum Gasteiger partial charge on any atom is -0.866 e. The first kappa shape index (κ1) is 23.1. The SMILES string of the molecule is CCCC(C([O-])=S)N1CC(O)Cn2ccc(=O)n(c2=O)CC(O)C1.[K+]. The maximum atomic E-state index is 12.2. The van der Waals surface area contributed by atoms with Crippen molar-refractivity contribution in [2.75, 3.05) is 13.1 Å². The standard InChI is InChI=1S/C15H23N3O5S.K/c1-2-3-12(14(22)24)17-7-10(19)6-16-5-4-13(21)18(15(16)23)9-11(20)8-17;/h4-5,10-12,19-20H,2-3,6-9H2,1H3,(H,22,24);/q;+1/p-1. The van der Waals surface area contributed by atoms with Crippen molar-refractivity contribution in [1.29, 1.82) is 0 Å². The summed E-state index contributed by atoms with van der Waals surface area (Å²) in [6, 6.07) is 0.646. The Hall–Kier alpha value is 0.0864. The van der Waals surface area contributed by atoms with Crippen molar-refractivity contribution < 1.29 is 66.7 Å². The third kappa shape index (κ3) is 6.05. The molecule has 2 bridgehead atoms. The Labute approximate surface area is 193 Å². The van der Waals surface area contributed by atoms with Crippen LogP contribution in [0.2, 0.25) is 0 Å². The van der Waals surface area contributed by atoms with Crippen LogP contribution in [0.5, 0.6) is 0 Å². The maximum absolute atomic E-state index is 12.2. The van der Waals surface area contributed by atoms with Gasteiger partial charge < -0.3 is 15.3 Å². The van der Waals surface area contributed by atoms with E-state index in [9.17, 15) is 24.9 Å². The van der Waals surface area contributed by atoms with Crippen LogP contribution in [0.4, 0.5) is 0 Å². The molecule has 134 valence electrons. The second kappa shape index (κ2) is 10.4. The molecule has 0 fully saturated rings. The second-order valence-corrected chi connectivity index (χ2v) is 6.49. The number of β-amino-alcohol motifs (C(OH)–C–C–N with tert-alkyl or cyclic N) is 2. The molecule has 2 heterocycles. The summed E-state index contributed by atoms with van der Waals surface area (Å²) in [7, 11) is 0. The van der Waals surface area contributed by atoms with E-state index in [4.69, 9.17) is 12.2 Å². The van der Waals surface area contributed by atoms with Gasteiger partial charge in [0.05, 0.1) is 25.3 Å². The van der Waals surface area contributed by atoms with Crippen molar-refractivity contribution in [1.82, 2.24) is 14.0 Å². The van der Waals surface area contributed by atoms with Crippen molar-refractivity contribution in [3.8, 4) is 0 Å². The van der Waals surface area contributed by atoms with Crippen LogP contribution in [0, 0.1) is 0 Å². The van der Waals surface area contributed by atoms with E-state index in [0.717, 1.165) is 11.0 Å². The van der Waals surface area contributed by atoms with Crippen LogP contribution in [0.1, 0.15) is 19.8 Å². The molecule has 3 unspecified atom stereocenters. The zero-order chi connectivity index (χ0) is 17.9. The minimum absolute atomic E-state index is 0. The fraction of sp³-hybridized carbons (Fsp3) is 0.667. The predicted octanol–water partition coefficient (Wildman–Crippen LogP) is -5.09. The van der Waals surface area contributed by atoms with Gasteiger partial charge in [0.2, 0.25) is 0 Å². The van der Waals surface area contributed by atoms with Gasteiger partial charge in [0, 0.05) is 31.4 Å². The van der Waals surface area contributed by atoms with E-state index in [1.165, 1.54) is 16.8 Å². The molecule has 3 atom stereocenters. The Kier molecular flexibility index (Phi) is 9.65. The molecular weight excluding hydrogens is 373 g/mol. The average Bonchev–Trinajstić information content (AvgIpc) is 2.50. The van der Waals surface area contributed by atoms with Crippen LogP contribution in [0.3, 0.4) is 0 Å². The molecule has 0 saturated carbocycles. The molecule has 1 aromatic rings. The quantitative estimate of drug-likeness (QED) is 0.388. The van der Waals surface area contributed by atoms with E-state index >= 15 is 0 Å². The largest absolute Gasteiger partial charge is 1.00 e. The van der Waals surface area contributed by atoms with Crippen LogP contribution in [-0.2, 0) is 13.1 Å². The van der Waals surface area contributed by atoms with Gasteiger partial charge in [-0.2, -0.15) is 0 Å². The van der Waals surface area contributed by atoms with Gasteiger partial charge in [-0.25, -0.2) is 4.79 Å². The number of rotatable bonds is 4. The number of hydrogen-bond acceptors (Lipinski definition) is 7. The third-order valence-corrected chi connectivity index (χ3v) is 4.38. The molecule has 0 radical (unpaired) electrons. The Balaban J connectivity index is 0.00000312. The summed E-state index contributed by atoms with van der Waals surface area (Å²) in [6.45, 7) is 1.90. The number of aliphatic hydroxyl groups is 2. The van der Waals surface area contributed by atoms with Gasteiger partial charge in [-0.1, -0.05) is 13.3 Å². The van der Waals surface area contributed by atoms with Crippen molar-refractivity contribution in [2.45, 2.75) is 51.1 Å². The summed E-state index contributed by atoms with van der Waals surface area (Å²) in [5, 5.41) is 31.9. The zero-order valence-corrected chi connectivity index (χ0v) is 18.4. The first-order valence-electron chi connectivity index (χ1n) is 7.94. The first-order chi connectivity index (χ1) is 11.3. The van der Waals surface area contributed by atoms with Crippen LogP contribution in [-0.4, -0.2) is 60.6 Å². The fourth-order valence-electron chi connectivity index (χ4n) is 3.01. The summed E-state index contributed by atoms with van der Waals surface area (Å²) in [4.78, 5) is 25.8. The number of aromatic nitrogens is 2. The van der Waals surface area contributed by atoms with Crippen LogP contribution in [0.25, 0.3) is 0 Å². The van der Waals surface area contributed by atoms with Gasteiger partial charge in [0.1, 0.15) is 0 Å². The van der Waals surface area contributed by atoms with Crippen LogP contribution < -0.4 is 67.7 Å². The van der Waals surface area contributed by atoms with E-state index in [1.54, 1.807) is 4.90 Å². The van der Waals surface area contributed by atoms with E-state index in [2.05, 4.69) is 0 Å². The van der Waals surface area contributed by atoms with E-state index < -0.39 is 34.5 Å². The summed E-state index contributed by atoms with van der Waals surface area (Å²) < 4.78 is 2.16. The minimum atomic E-state index is -1.04. The van der Waals surface area contributed by atoms with E-state index in [-0.39, 0.29) is 77.6 Å². The zero-order valence-electron chi connectivity index (χ0n) is 14.5. The molecule has 2 rings (SSSR count). The molecule has 25 heavy (non-hydrogen) atoms. The normalized spacial score (nSPS) is 22.7. The van der Waals surface area contributed by atoms with Crippen molar-refractivity contribution in [3.05, 3.63) is 33.1 Å². The second-order valence-electron chi connectivity index (χ2n) is 6.08. The molecule has 0 spiro atoms. The summed E-state index contributed by atoms with van der Waals surface area (Å²) in [5.74, 6) is 0. The van der Waals surface area contributed by atoms with Crippen molar-refractivity contribution in [2.24, 2.45) is 0 Å². The van der Waals surface area contributed by atoms with Crippen molar-refractivity contribution in [3.63, 3.8) is 0 Å². The number of fused-ring (bicyclic) bond motifs is 2. The monoisotopic (exact) mass is 395 g/mol. The van der Waals surface area contributed by atoms with Crippen LogP contribution >= 0.6 is 12.2 Å². The number of aliphatic hydroxyl groups excluding tert-OH is 2. The Morgan fingerprint density at radius 1 is 1.28 bits per heavy atom. The summed E-state index contributed by atoms with van der Waals surface area (Å²) in [6.07, 6.45) is 0.600. The van der Waals surface area contributed by atoms with Crippen molar-refractivity contribution >= 4 is 17.3 Å². The third-order valence-electron chi connectivity index (χ3n) is 4.11. The molecular formula is C15H22KN3O5S. The van der Waals surface area contributed by atoms with Gasteiger partial charge in [-0.15, -0.1) is 12.2 Å². The Bertz CT molecular complexity index is 707. The molecule has 1 aliphatic rings. The molecule has 10 heteroatoms. The molecule has 0 aliphatic carbocycles. The number of hydrogen-bond donors (Lipinski definition) is 2. The Morgan fingerprint density at radius 3 is 2.44 bits per heavy atom. The molecule has 8 nitrogen and oxygen atoms in total. The number of nitrogens with zero attached hydrogens (tertiary/aromatic N) is 3. The predicted molar refractivity (Wildman–Crippen MR) is 89.8 cm³/mol. The van der Waals surface area contributed by atoms with E-state index in [1.807, 2.05) is 6.92 Å². The topological polar surface area (TPSA) is 111 Å². The molecule has 0 saturated heterocycles. The average molecular weight is 396 g/mol. The first-order valence-corrected chi connectivity index (χ1v) is 8.35. The molecule has 2 N–H and O–H groups in total.